The van der Waals surface area contributed by atoms with E-state index in [9.17, 15) is 0 Å². The highest BCUT2D eigenvalue weighted by atomic mass is 15.2. The number of anilines is 1. The second-order valence-electron chi connectivity index (χ2n) is 6.45. The Morgan fingerprint density at radius 3 is 2.77 bits per heavy atom. The maximum atomic E-state index is 3.62. The van der Waals surface area contributed by atoms with Crippen molar-refractivity contribution in [2.45, 2.75) is 39.3 Å². The molecule has 0 saturated carbocycles. The molecule has 0 fully saturated rings. The molecule has 1 heterocycles. The van der Waals surface area contributed by atoms with Crippen LogP contribution >= 0.6 is 0 Å². The maximum Gasteiger partial charge on any atom is 0.0412 e. The van der Waals surface area contributed by atoms with Crippen molar-refractivity contribution >= 4 is 5.69 Å². The number of aryl methyl sites for hydroxylation is 2. The molecule has 0 radical (unpaired) electrons. The molecule has 22 heavy (non-hydrogen) atoms. The fourth-order valence-electron chi connectivity index (χ4n) is 3.27. The van der Waals surface area contributed by atoms with Crippen LogP contribution in [0.25, 0.3) is 0 Å². The third kappa shape index (κ3) is 3.69. The summed E-state index contributed by atoms with van der Waals surface area (Å²) in [6.07, 6.45) is 2.35. The molecule has 1 aliphatic rings. The van der Waals surface area contributed by atoms with Crippen molar-refractivity contribution in [1.29, 1.82) is 0 Å². The standard InChI is InChI=1S/C20H26N2/c1-16-10-11-20-19(13-16)14-21-17(2)15-22(20)12-6-9-18-7-4-3-5-8-18/h3-5,7-8,10-11,13,17,21H,6,9,12,14-15H2,1-2H3. The zero-order valence-corrected chi connectivity index (χ0v) is 13.7. The quantitative estimate of drug-likeness (QED) is 0.919. The summed E-state index contributed by atoms with van der Waals surface area (Å²) in [5, 5.41) is 3.62. The Morgan fingerprint density at radius 1 is 1.14 bits per heavy atom. The monoisotopic (exact) mass is 294 g/mol. The second kappa shape index (κ2) is 6.97. The summed E-state index contributed by atoms with van der Waals surface area (Å²) in [5.74, 6) is 0. The third-order valence-corrected chi connectivity index (χ3v) is 4.45. The zero-order valence-electron chi connectivity index (χ0n) is 13.7. The lowest BCUT2D eigenvalue weighted by molar-refractivity contribution is 0.549. The summed E-state index contributed by atoms with van der Waals surface area (Å²) in [4.78, 5) is 2.56. The molecule has 1 aliphatic heterocycles. The van der Waals surface area contributed by atoms with Gasteiger partial charge in [-0.3, -0.25) is 0 Å². The third-order valence-electron chi connectivity index (χ3n) is 4.45. The molecule has 1 N–H and O–H groups in total. The molecule has 0 bridgehead atoms. The van der Waals surface area contributed by atoms with Crippen molar-refractivity contribution in [3.63, 3.8) is 0 Å². The summed E-state index contributed by atoms with van der Waals surface area (Å²) in [6.45, 7) is 7.65. The molecule has 1 unspecified atom stereocenters. The Kier molecular flexibility index (Phi) is 4.79. The predicted octanol–water partition coefficient (Wildman–Crippen LogP) is 3.93. The zero-order chi connectivity index (χ0) is 15.4. The van der Waals surface area contributed by atoms with Gasteiger partial charge in [0.05, 0.1) is 0 Å². The van der Waals surface area contributed by atoms with E-state index >= 15 is 0 Å². The minimum absolute atomic E-state index is 0.532. The van der Waals surface area contributed by atoms with Crippen molar-refractivity contribution in [1.82, 2.24) is 5.32 Å². The molecular formula is C20H26N2. The highest BCUT2D eigenvalue weighted by Gasteiger charge is 2.18. The predicted molar refractivity (Wildman–Crippen MR) is 94.5 cm³/mol. The highest BCUT2D eigenvalue weighted by Crippen LogP contribution is 2.25. The van der Waals surface area contributed by atoms with Gasteiger partial charge in [0.1, 0.15) is 0 Å². The van der Waals surface area contributed by atoms with Gasteiger partial charge in [-0.15, -0.1) is 0 Å². The molecule has 0 aromatic heterocycles. The molecule has 0 spiro atoms. The van der Waals surface area contributed by atoms with Crippen LogP contribution in [0.5, 0.6) is 0 Å². The molecule has 116 valence electrons. The average molecular weight is 294 g/mol. The van der Waals surface area contributed by atoms with E-state index in [0.29, 0.717) is 6.04 Å². The van der Waals surface area contributed by atoms with Crippen LogP contribution in [0.15, 0.2) is 48.5 Å². The molecule has 0 amide bonds. The van der Waals surface area contributed by atoms with Gasteiger partial charge in [-0.2, -0.15) is 0 Å². The van der Waals surface area contributed by atoms with Gasteiger partial charge in [0.15, 0.2) is 0 Å². The summed E-state index contributed by atoms with van der Waals surface area (Å²) >= 11 is 0. The van der Waals surface area contributed by atoms with Gasteiger partial charge in [0.2, 0.25) is 0 Å². The number of hydrogen-bond donors (Lipinski definition) is 1. The van der Waals surface area contributed by atoms with E-state index in [1.807, 2.05) is 0 Å². The SMILES string of the molecule is Cc1ccc2c(c1)CNC(C)CN2CCCc1ccccc1. The minimum atomic E-state index is 0.532. The highest BCUT2D eigenvalue weighted by molar-refractivity contribution is 5.56. The number of hydrogen-bond acceptors (Lipinski definition) is 2. The first kappa shape index (κ1) is 15.1. The van der Waals surface area contributed by atoms with Crippen LogP contribution < -0.4 is 10.2 Å². The Bertz CT molecular complexity index is 606. The Labute approximate surface area is 134 Å². The molecule has 2 heteroatoms. The number of fused-ring (bicyclic) bond motifs is 1. The first-order valence-electron chi connectivity index (χ1n) is 8.34. The molecule has 0 aliphatic carbocycles. The topological polar surface area (TPSA) is 15.3 Å². The first-order valence-corrected chi connectivity index (χ1v) is 8.34. The van der Waals surface area contributed by atoms with E-state index in [0.717, 1.165) is 26.1 Å². The Morgan fingerprint density at radius 2 is 1.95 bits per heavy atom. The summed E-state index contributed by atoms with van der Waals surface area (Å²) in [6, 6.07) is 18.2. The first-order chi connectivity index (χ1) is 10.7. The van der Waals surface area contributed by atoms with E-state index in [2.05, 4.69) is 72.6 Å². The number of nitrogens with one attached hydrogen (secondary N) is 1. The van der Waals surface area contributed by atoms with E-state index in [4.69, 9.17) is 0 Å². The molecule has 2 aromatic rings. The second-order valence-corrected chi connectivity index (χ2v) is 6.45. The molecular weight excluding hydrogens is 268 g/mol. The molecule has 2 aromatic carbocycles. The molecule has 2 nitrogen and oxygen atoms in total. The molecule has 0 saturated heterocycles. The summed E-state index contributed by atoms with van der Waals surface area (Å²) < 4.78 is 0. The van der Waals surface area contributed by atoms with Crippen LogP contribution in [0.2, 0.25) is 0 Å². The van der Waals surface area contributed by atoms with Crippen LogP contribution in [0.3, 0.4) is 0 Å². The number of rotatable bonds is 4. The van der Waals surface area contributed by atoms with Gasteiger partial charge < -0.3 is 10.2 Å². The normalized spacial score (nSPS) is 17.9. The van der Waals surface area contributed by atoms with Gasteiger partial charge in [-0.1, -0.05) is 48.0 Å². The summed E-state index contributed by atoms with van der Waals surface area (Å²) in [5.41, 5.74) is 5.63. The van der Waals surface area contributed by atoms with E-state index in [1.165, 1.54) is 28.8 Å². The van der Waals surface area contributed by atoms with Crippen molar-refractivity contribution in [2.24, 2.45) is 0 Å². The number of benzene rings is 2. The minimum Gasteiger partial charge on any atom is -0.370 e. The van der Waals surface area contributed by atoms with Gasteiger partial charge >= 0.3 is 0 Å². The van der Waals surface area contributed by atoms with Crippen molar-refractivity contribution in [3.8, 4) is 0 Å². The smallest absolute Gasteiger partial charge is 0.0412 e. The number of nitrogens with zero attached hydrogens (tertiary/aromatic N) is 1. The van der Waals surface area contributed by atoms with Crippen LogP contribution in [0, 0.1) is 6.92 Å². The maximum absolute atomic E-state index is 3.62. The van der Waals surface area contributed by atoms with Crippen LogP contribution in [-0.2, 0) is 13.0 Å². The van der Waals surface area contributed by atoms with Crippen LogP contribution in [0.1, 0.15) is 30.0 Å². The lowest BCUT2D eigenvalue weighted by atomic mass is 10.1. The van der Waals surface area contributed by atoms with E-state index in [1.54, 1.807) is 0 Å². The fourth-order valence-corrected chi connectivity index (χ4v) is 3.27. The van der Waals surface area contributed by atoms with Gasteiger partial charge in [0, 0.05) is 31.4 Å². The lowest BCUT2D eigenvalue weighted by Crippen LogP contribution is -2.36. The molecule has 1 atom stereocenters. The van der Waals surface area contributed by atoms with Crippen molar-refractivity contribution in [3.05, 3.63) is 65.2 Å². The van der Waals surface area contributed by atoms with Crippen molar-refractivity contribution in [2.75, 3.05) is 18.0 Å². The fraction of sp³-hybridized carbons (Fsp3) is 0.400. The average Bonchev–Trinajstić information content (AvgIpc) is 2.68. The van der Waals surface area contributed by atoms with Crippen molar-refractivity contribution < 1.29 is 0 Å². The Hall–Kier alpha value is -1.80. The Balaban J connectivity index is 1.69. The lowest BCUT2D eigenvalue weighted by Gasteiger charge is -2.26. The van der Waals surface area contributed by atoms with Crippen LogP contribution in [0.4, 0.5) is 5.69 Å². The van der Waals surface area contributed by atoms with Gasteiger partial charge in [-0.25, -0.2) is 0 Å². The van der Waals surface area contributed by atoms with E-state index in [-0.39, 0.29) is 0 Å². The van der Waals surface area contributed by atoms with Gasteiger partial charge in [0.25, 0.3) is 0 Å². The van der Waals surface area contributed by atoms with Gasteiger partial charge in [-0.05, 0) is 43.9 Å². The molecule has 3 rings (SSSR count). The largest absolute Gasteiger partial charge is 0.370 e. The van der Waals surface area contributed by atoms with Crippen LogP contribution in [-0.4, -0.2) is 19.1 Å². The summed E-state index contributed by atoms with van der Waals surface area (Å²) in [7, 11) is 0. The van der Waals surface area contributed by atoms with E-state index < -0.39 is 0 Å².